The van der Waals surface area contributed by atoms with Crippen LogP contribution >= 0.6 is 0 Å². The predicted molar refractivity (Wildman–Crippen MR) is 275 cm³/mol. The lowest BCUT2D eigenvalue weighted by Crippen LogP contribution is -2.30. The zero-order valence-corrected chi connectivity index (χ0v) is 43.9. The largest absolute Gasteiger partial charge is 0.462 e. The van der Waals surface area contributed by atoms with Gasteiger partial charge in [0.2, 0.25) is 0 Å². The molecule has 0 rings (SSSR count). The fourth-order valence-corrected chi connectivity index (χ4v) is 8.87. The molecule has 380 valence electrons. The van der Waals surface area contributed by atoms with Crippen LogP contribution in [0.4, 0.5) is 0 Å². The molecule has 0 spiro atoms. The molecule has 0 bridgehead atoms. The Kier molecular flexibility index (Phi) is 49.6. The van der Waals surface area contributed by atoms with Crippen molar-refractivity contribution in [2.24, 2.45) is 11.8 Å². The van der Waals surface area contributed by atoms with E-state index in [0.717, 1.165) is 69.6 Å². The average molecular weight is 906 g/mol. The summed E-state index contributed by atoms with van der Waals surface area (Å²) in [4.78, 5) is 38.1. The molecule has 0 saturated carbocycles. The summed E-state index contributed by atoms with van der Waals surface area (Å²) in [6, 6.07) is 0. The Labute approximate surface area is 399 Å². The normalized spacial score (nSPS) is 12.0. The van der Waals surface area contributed by atoms with E-state index in [1.54, 1.807) is 0 Å². The van der Waals surface area contributed by atoms with Crippen molar-refractivity contribution in [3.8, 4) is 0 Å². The molecule has 64 heavy (non-hydrogen) atoms. The highest BCUT2D eigenvalue weighted by molar-refractivity contribution is 5.71. The van der Waals surface area contributed by atoms with Crippen molar-refractivity contribution in [2.45, 2.75) is 330 Å². The van der Waals surface area contributed by atoms with Crippen LogP contribution in [0.1, 0.15) is 324 Å². The Morgan fingerprint density at radius 1 is 0.297 bits per heavy atom. The molecule has 0 aliphatic heterocycles. The first-order chi connectivity index (χ1) is 31.2. The van der Waals surface area contributed by atoms with E-state index in [1.165, 1.54) is 212 Å². The lowest BCUT2D eigenvalue weighted by molar-refractivity contribution is -0.167. The molecule has 1 atom stereocenters. The second-order valence-electron chi connectivity index (χ2n) is 20.9. The molecule has 0 unspecified atom stereocenters. The van der Waals surface area contributed by atoms with E-state index in [2.05, 4.69) is 34.6 Å². The minimum Gasteiger partial charge on any atom is -0.462 e. The van der Waals surface area contributed by atoms with Crippen LogP contribution in [0.2, 0.25) is 0 Å². The van der Waals surface area contributed by atoms with Crippen LogP contribution < -0.4 is 0 Å². The van der Waals surface area contributed by atoms with Crippen molar-refractivity contribution in [2.75, 3.05) is 13.2 Å². The molecular weight excluding hydrogens is 793 g/mol. The topological polar surface area (TPSA) is 78.9 Å². The van der Waals surface area contributed by atoms with E-state index < -0.39 is 6.10 Å². The maximum atomic E-state index is 12.8. The van der Waals surface area contributed by atoms with Gasteiger partial charge in [0.15, 0.2) is 6.10 Å². The van der Waals surface area contributed by atoms with Crippen LogP contribution in [-0.4, -0.2) is 37.2 Å². The van der Waals surface area contributed by atoms with Crippen molar-refractivity contribution in [1.29, 1.82) is 0 Å². The van der Waals surface area contributed by atoms with Gasteiger partial charge in [-0.2, -0.15) is 0 Å². The Morgan fingerprint density at radius 3 is 0.766 bits per heavy atom. The van der Waals surface area contributed by atoms with E-state index >= 15 is 0 Å². The van der Waals surface area contributed by atoms with Gasteiger partial charge in [0.1, 0.15) is 13.2 Å². The van der Waals surface area contributed by atoms with Gasteiger partial charge in [0.25, 0.3) is 0 Å². The van der Waals surface area contributed by atoms with Gasteiger partial charge < -0.3 is 14.2 Å². The second kappa shape index (κ2) is 50.8. The van der Waals surface area contributed by atoms with Gasteiger partial charge in [-0.25, -0.2) is 0 Å². The lowest BCUT2D eigenvalue weighted by Gasteiger charge is -2.18. The summed E-state index contributed by atoms with van der Waals surface area (Å²) >= 11 is 0. The molecule has 0 heterocycles. The van der Waals surface area contributed by atoms with Crippen LogP contribution in [0, 0.1) is 11.8 Å². The van der Waals surface area contributed by atoms with E-state index in [4.69, 9.17) is 14.2 Å². The standard InChI is InChI=1S/C58H112O6/c1-6-7-8-9-10-11-12-22-28-33-38-43-48-56(59)62-51-55(64-58(61)50-45-40-35-30-25-24-27-32-37-42-47-54(4)5)52-63-57(60)49-44-39-34-29-23-20-18-16-14-13-15-17-19-21-26-31-36-41-46-53(2)3/h53-55H,6-52H2,1-5H3/t55-/m1/s1. The smallest absolute Gasteiger partial charge is 0.306 e. The fraction of sp³-hybridized carbons (Fsp3) is 0.948. The molecule has 0 aromatic heterocycles. The summed E-state index contributed by atoms with van der Waals surface area (Å²) < 4.78 is 16.9. The quantitative estimate of drug-likeness (QED) is 0.0344. The molecule has 0 aromatic carbocycles. The van der Waals surface area contributed by atoms with Crippen molar-refractivity contribution in [3.63, 3.8) is 0 Å². The third-order valence-corrected chi connectivity index (χ3v) is 13.2. The molecule has 0 N–H and O–H groups in total. The van der Waals surface area contributed by atoms with Gasteiger partial charge in [0.05, 0.1) is 0 Å². The van der Waals surface area contributed by atoms with E-state index in [9.17, 15) is 14.4 Å². The Morgan fingerprint density at radius 2 is 0.516 bits per heavy atom. The monoisotopic (exact) mass is 905 g/mol. The number of hydrogen-bond acceptors (Lipinski definition) is 6. The average Bonchev–Trinajstić information content (AvgIpc) is 3.27. The molecule has 0 radical (unpaired) electrons. The third kappa shape index (κ3) is 51.4. The minimum atomic E-state index is -0.762. The third-order valence-electron chi connectivity index (χ3n) is 13.2. The van der Waals surface area contributed by atoms with E-state index in [-0.39, 0.29) is 31.1 Å². The number of unbranched alkanes of at least 4 members (excludes halogenated alkanes) is 37. The Hall–Kier alpha value is -1.59. The maximum absolute atomic E-state index is 12.8. The van der Waals surface area contributed by atoms with Crippen LogP contribution in [0.15, 0.2) is 0 Å². The number of rotatable bonds is 52. The molecule has 6 heteroatoms. The van der Waals surface area contributed by atoms with Crippen LogP contribution in [0.25, 0.3) is 0 Å². The number of carbonyl (C=O) groups excluding carboxylic acids is 3. The van der Waals surface area contributed by atoms with Crippen LogP contribution in [-0.2, 0) is 28.6 Å². The summed E-state index contributed by atoms with van der Waals surface area (Å²) in [5.41, 5.74) is 0. The summed E-state index contributed by atoms with van der Waals surface area (Å²) in [5.74, 6) is 0.834. The molecule has 0 aromatic rings. The zero-order valence-electron chi connectivity index (χ0n) is 43.9. The number of ether oxygens (including phenoxy) is 3. The molecule has 0 saturated heterocycles. The zero-order chi connectivity index (χ0) is 46.8. The molecule has 0 aliphatic rings. The van der Waals surface area contributed by atoms with E-state index in [0.29, 0.717) is 19.3 Å². The first-order valence-electron chi connectivity index (χ1n) is 28.7. The minimum absolute atomic E-state index is 0.0629. The van der Waals surface area contributed by atoms with Crippen molar-refractivity contribution in [1.82, 2.24) is 0 Å². The highest BCUT2D eigenvalue weighted by atomic mass is 16.6. The van der Waals surface area contributed by atoms with Crippen molar-refractivity contribution >= 4 is 17.9 Å². The van der Waals surface area contributed by atoms with Gasteiger partial charge in [-0.3, -0.25) is 14.4 Å². The van der Waals surface area contributed by atoms with Gasteiger partial charge in [-0.15, -0.1) is 0 Å². The molecular formula is C58H112O6. The summed E-state index contributed by atoms with van der Waals surface area (Å²) in [6.45, 7) is 11.4. The van der Waals surface area contributed by atoms with Crippen LogP contribution in [0.5, 0.6) is 0 Å². The van der Waals surface area contributed by atoms with Crippen molar-refractivity contribution < 1.29 is 28.6 Å². The molecule has 0 aliphatic carbocycles. The first kappa shape index (κ1) is 62.4. The number of hydrogen-bond donors (Lipinski definition) is 0. The highest BCUT2D eigenvalue weighted by Gasteiger charge is 2.19. The van der Waals surface area contributed by atoms with Gasteiger partial charge in [-0.05, 0) is 31.1 Å². The number of esters is 3. The fourth-order valence-electron chi connectivity index (χ4n) is 8.87. The Bertz CT molecular complexity index is 978. The molecule has 6 nitrogen and oxygen atoms in total. The second-order valence-corrected chi connectivity index (χ2v) is 20.9. The predicted octanol–water partition coefficient (Wildman–Crippen LogP) is 18.9. The Balaban J connectivity index is 4.22. The van der Waals surface area contributed by atoms with Crippen LogP contribution in [0.3, 0.4) is 0 Å². The van der Waals surface area contributed by atoms with Crippen molar-refractivity contribution in [3.05, 3.63) is 0 Å². The van der Waals surface area contributed by atoms with Gasteiger partial charge in [-0.1, -0.05) is 285 Å². The lowest BCUT2D eigenvalue weighted by atomic mass is 10.0. The van der Waals surface area contributed by atoms with Gasteiger partial charge >= 0.3 is 17.9 Å². The van der Waals surface area contributed by atoms with E-state index in [1.807, 2.05) is 0 Å². The summed E-state index contributed by atoms with van der Waals surface area (Å²) in [6.07, 6.45) is 53.8. The highest BCUT2D eigenvalue weighted by Crippen LogP contribution is 2.18. The molecule has 0 amide bonds. The SMILES string of the molecule is CCCCCCCCCCCCCCC(=O)OC[C@H](COC(=O)CCCCCCCCCCCCCCCCCCCCC(C)C)OC(=O)CCCCCCCCCCCCC(C)C. The van der Waals surface area contributed by atoms with Gasteiger partial charge in [0, 0.05) is 19.3 Å². The molecule has 0 fully saturated rings. The first-order valence-corrected chi connectivity index (χ1v) is 28.7. The maximum Gasteiger partial charge on any atom is 0.306 e. The number of carbonyl (C=O) groups is 3. The summed E-state index contributed by atoms with van der Waals surface area (Å²) in [7, 11) is 0. The summed E-state index contributed by atoms with van der Waals surface area (Å²) in [5, 5.41) is 0.